The van der Waals surface area contributed by atoms with Gasteiger partial charge in [-0.25, -0.2) is 0 Å². The first-order valence-corrected chi connectivity index (χ1v) is 9.17. The molecule has 1 aromatic heterocycles. The Balaban J connectivity index is 1.84. The fraction of sp³-hybridized carbons (Fsp3) is 0.200. The molecule has 1 N–H and O–H groups in total. The predicted molar refractivity (Wildman–Crippen MR) is 111 cm³/mol. The number of nitro groups is 2. The van der Waals surface area contributed by atoms with Gasteiger partial charge in [0.1, 0.15) is 29.4 Å². The first kappa shape index (κ1) is 21.4. The van der Waals surface area contributed by atoms with E-state index in [0.717, 1.165) is 5.56 Å². The highest BCUT2D eigenvalue weighted by molar-refractivity contribution is 5.91. The molecule has 0 saturated carbocycles. The van der Waals surface area contributed by atoms with Crippen molar-refractivity contribution in [2.75, 3.05) is 5.32 Å². The smallest absolute Gasteiger partial charge is 0.312 e. The van der Waals surface area contributed by atoms with Gasteiger partial charge in [0.05, 0.1) is 21.6 Å². The Morgan fingerprint density at radius 1 is 1.10 bits per heavy atom. The fourth-order valence-electron chi connectivity index (χ4n) is 3.06. The largest absolute Gasteiger partial charge is 0.457 e. The first-order chi connectivity index (χ1) is 14.7. The molecular weight excluding hydrogens is 406 g/mol. The van der Waals surface area contributed by atoms with Crippen molar-refractivity contribution in [3.63, 3.8) is 0 Å². The maximum absolute atomic E-state index is 12.5. The third-order valence-electron chi connectivity index (χ3n) is 4.53. The number of nitrogens with one attached hydrogen (secondary N) is 1. The number of ether oxygens (including phenoxy) is 1. The van der Waals surface area contributed by atoms with Gasteiger partial charge in [-0.15, -0.1) is 0 Å². The van der Waals surface area contributed by atoms with E-state index in [1.165, 1.54) is 36.7 Å². The van der Waals surface area contributed by atoms with Crippen LogP contribution in [0.1, 0.15) is 17.0 Å². The summed E-state index contributed by atoms with van der Waals surface area (Å²) in [6.07, 6.45) is 0. The lowest BCUT2D eigenvalue weighted by Crippen LogP contribution is -2.20. The molecule has 11 nitrogen and oxygen atoms in total. The van der Waals surface area contributed by atoms with Crippen molar-refractivity contribution in [1.82, 2.24) is 9.78 Å². The maximum Gasteiger partial charge on any atom is 0.312 e. The van der Waals surface area contributed by atoms with Crippen LogP contribution >= 0.6 is 0 Å². The van der Waals surface area contributed by atoms with Crippen molar-refractivity contribution in [2.24, 2.45) is 0 Å². The van der Waals surface area contributed by atoms with E-state index in [4.69, 9.17) is 4.74 Å². The van der Waals surface area contributed by atoms with E-state index in [0.29, 0.717) is 5.75 Å². The summed E-state index contributed by atoms with van der Waals surface area (Å²) in [5.41, 5.74) is 1.00. The molecule has 1 amide bonds. The predicted octanol–water partition coefficient (Wildman–Crippen LogP) is 4.06. The second kappa shape index (κ2) is 8.61. The van der Waals surface area contributed by atoms with Gasteiger partial charge in [0.15, 0.2) is 0 Å². The highest BCUT2D eigenvalue weighted by Crippen LogP contribution is 2.31. The van der Waals surface area contributed by atoms with E-state index in [2.05, 4.69) is 10.4 Å². The second-order valence-corrected chi connectivity index (χ2v) is 6.82. The van der Waals surface area contributed by atoms with E-state index in [-0.39, 0.29) is 40.7 Å². The fourth-order valence-corrected chi connectivity index (χ4v) is 3.06. The summed E-state index contributed by atoms with van der Waals surface area (Å²) < 4.78 is 6.97. The summed E-state index contributed by atoms with van der Waals surface area (Å²) in [5, 5.41) is 29.0. The Labute approximate surface area is 176 Å². The minimum absolute atomic E-state index is 0.152. The number of hydrogen-bond acceptors (Lipinski definition) is 7. The first-order valence-electron chi connectivity index (χ1n) is 9.17. The average Bonchev–Trinajstić information content (AvgIpc) is 2.96. The molecule has 3 rings (SSSR count). The molecule has 0 atom stereocenters. The van der Waals surface area contributed by atoms with Crippen molar-refractivity contribution in [3.05, 3.63) is 79.6 Å². The van der Waals surface area contributed by atoms with Crippen LogP contribution in [0.15, 0.2) is 42.5 Å². The van der Waals surface area contributed by atoms with Gasteiger partial charge in [-0.1, -0.05) is 18.2 Å². The van der Waals surface area contributed by atoms with E-state index < -0.39 is 15.8 Å². The number of carbonyl (C=O) groups excluding carboxylic acids is 1. The monoisotopic (exact) mass is 425 g/mol. The highest BCUT2D eigenvalue weighted by Gasteiger charge is 2.23. The Hall–Kier alpha value is -4.28. The van der Waals surface area contributed by atoms with Gasteiger partial charge in [-0.05, 0) is 32.4 Å². The number of non-ortho nitro benzene ring substituents is 1. The minimum atomic E-state index is -0.593. The molecule has 0 bridgehead atoms. The number of rotatable bonds is 7. The summed E-state index contributed by atoms with van der Waals surface area (Å²) in [6, 6.07) is 11.1. The van der Waals surface area contributed by atoms with Crippen molar-refractivity contribution in [1.29, 1.82) is 0 Å². The number of hydrogen-bond donors (Lipinski definition) is 1. The van der Waals surface area contributed by atoms with Crippen LogP contribution in [0, 0.1) is 41.0 Å². The zero-order valence-corrected chi connectivity index (χ0v) is 17.0. The number of aryl methyl sites for hydroxylation is 2. The molecular formula is C20H19N5O6. The quantitative estimate of drug-likeness (QED) is 0.444. The van der Waals surface area contributed by atoms with Crippen LogP contribution in [0.25, 0.3) is 0 Å². The van der Waals surface area contributed by atoms with Gasteiger partial charge < -0.3 is 10.1 Å². The lowest BCUT2D eigenvalue weighted by Gasteiger charge is -2.11. The number of para-hydroxylation sites is 1. The number of amides is 1. The number of aromatic nitrogens is 2. The summed E-state index contributed by atoms with van der Waals surface area (Å²) in [7, 11) is 0. The maximum atomic E-state index is 12.5. The van der Waals surface area contributed by atoms with Crippen LogP contribution in [-0.2, 0) is 11.3 Å². The zero-order valence-electron chi connectivity index (χ0n) is 17.0. The molecule has 3 aromatic rings. The summed E-state index contributed by atoms with van der Waals surface area (Å²) >= 11 is 0. The van der Waals surface area contributed by atoms with Crippen molar-refractivity contribution >= 4 is 23.0 Å². The Morgan fingerprint density at radius 3 is 2.42 bits per heavy atom. The molecule has 0 fully saturated rings. The molecule has 0 aliphatic carbocycles. The number of benzene rings is 2. The van der Waals surface area contributed by atoms with Crippen LogP contribution in [0.2, 0.25) is 0 Å². The third kappa shape index (κ3) is 4.83. The summed E-state index contributed by atoms with van der Waals surface area (Å²) in [4.78, 5) is 33.8. The Bertz CT molecular complexity index is 1190. The standard InChI is InChI=1S/C20H19N5O6/c1-12-6-4-5-7-18(12)31-17-9-15(8-16(10-17)24(27)28)21-19(26)11-23-14(3)20(25(29)30)13(2)22-23/h4-10H,11H2,1-3H3,(H,21,26). The van der Waals surface area contributed by atoms with Crippen LogP contribution in [0.4, 0.5) is 17.1 Å². The van der Waals surface area contributed by atoms with Gasteiger partial charge in [0, 0.05) is 12.1 Å². The normalized spacial score (nSPS) is 10.5. The Kier molecular flexibility index (Phi) is 5.95. The van der Waals surface area contributed by atoms with Crippen LogP contribution in [-0.4, -0.2) is 25.5 Å². The zero-order chi connectivity index (χ0) is 22.7. The molecule has 0 radical (unpaired) electrons. The van der Waals surface area contributed by atoms with Crippen LogP contribution in [0.3, 0.4) is 0 Å². The van der Waals surface area contributed by atoms with E-state index in [1.54, 1.807) is 12.1 Å². The van der Waals surface area contributed by atoms with Crippen molar-refractivity contribution < 1.29 is 19.4 Å². The molecule has 0 unspecified atom stereocenters. The van der Waals surface area contributed by atoms with E-state index >= 15 is 0 Å². The molecule has 160 valence electrons. The van der Waals surface area contributed by atoms with Gasteiger partial charge >= 0.3 is 5.69 Å². The van der Waals surface area contributed by atoms with E-state index in [1.807, 2.05) is 19.1 Å². The molecule has 2 aromatic carbocycles. The van der Waals surface area contributed by atoms with Gasteiger partial charge in [-0.2, -0.15) is 5.10 Å². The topological polar surface area (TPSA) is 142 Å². The molecule has 0 saturated heterocycles. The third-order valence-corrected chi connectivity index (χ3v) is 4.53. The van der Waals surface area contributed by atoms with Gasteiger partial charge in [0.2, 0.25) is 5.91 Å². The van der Waals surface area contributed by atoms with Gasteiger partial charge in [0.25, 0.3) is 5.69 Å². The van der Waals surface area contributed by atoms with E-state index in [9.17, 15) is 25.0 Å². The molecule has 0 aliphatic heterocycles. The average molecular weight is 425 g/mol. The molecule has 31 heavy (non-hydrogen) atoms. The summed E-state index contributed by atoms with van der Waals surface area (Å²) in [5.74, 6) is 0.151. The summed E-state index contributed by atoms with van der Waals surface area (Å²) in [6.45, 7) is 4.52. The molecule has 1 heterocycles. The Morgan fingerprint density at radius 2 is 1.81 bits per heavy atom. The molecule has 0 spiro atoms. The second-order valence-electron chi connectivity index (χ2n) is 6.82. The molecule has 0 aliphatic rings. The SMILES string of the molecule is Cc1ccccc1Oc1cc(NC(=O)Cn2nc(C)c([N+](=O)[O-])c2C)cc([N+](=O)[O-])c1. The van der Waals surface area contributed by atoms with Crippen molar-refractivity contribution in [3.8, 4) is 11.5 Å². The highest BCUT2D eigenvalue weighted by atomic mass is 16.6. The lowest BCUT2D eigenvalue weighted by atomic mass is 10.2. The number of anilines is 1. The lowest BCUT2D eigenvalue weighted by molar-refractivity contribution is -0.386. The minimum Gasteiger partial charge on any atom is -0.457 e. The van der Waals surface area contributed by atoms with Crippen LogP contribution in [0.5, 0.6) is 11.5 Å². The number of nitro benzene ring substituents is 1. The molecule has 11 heteroatoms. The van der Waals surface area contributed by atoms with Crippen molar-refractivity contribution in [2.45, 2.75) is 27.3 Å². The number of carbonyl (C=O) groups is 1. The van der Waals surface area contributed by atoms with Crippen LogP contribution < -0.4 is 10.1 Å². The number of nitrogens with zero attached hydrogens (tertiary/aromatic N) is 4. The van der Waals surface area contributed by atoms with Gasteiger partial charge in [-0.3, -0.25) is 29.7 Å².